The van der Waals surface area contributed by atoms with Crippen molar-refractivity contribution in [1.29, 1.82) is 0 Å². The summed E-state index contributed by atoms with van der Waals surface area (Å²) >= 11 is 0. The number of hydrogen-bond acceptors (Lipinski definition) is 7. The van der Waals surface area contributed by atoms with E-state index < -0.39 is 48.5 Å². The standard InChI is InChI=1S/C29H40BFO7/c1-6-27(4)13-21(38-22(33)15-36-20-8-7-18-14-37-30(35)23(18)24(20)31)28(5)16(2)9-11-29(17(3)26(27)34)12-10-19(32)25(28)29/h7-8,16-17,21,25-26,34-35H,6,9-15H2,1-5H3/t16-,17+,21-,25+,26+,27-,28+,29+/m1/s1. The third-order valence-corrected chi connectivity index (χ3v) is 11.2. The normalized spacial score (nSPS) is 40.3. The van der Waals surface area contributed by atoms with Gasteiger partial charge in [-0.05, 0) is 66.4 Å². The summed E-state index contributed by atoms with van der Waals surface area (Å²) < 4.78 is 31.7. The topological polar surface area (TPSA) is 102 Å². The van der Waals surface area contributed by atoms with Gasteiger partial charge in [-0.2, -0.15) is 0 Å². The SMILES string of the molecule is CC[C@]1(C)C[C@@H](OC(=O)COc2ccc3c(c2F)B(O)OC3)[C@]2(C)[C@H](C)CC[C@]3(CCC(=O)[C@H]32)[C@@H](C)[C@@H]1O. The van der Waals surface area contributed by atoms with Gasteiger partial charge in [-0.15, -0.1) is 0 Å². The highest BCUT2D eigenvalue weighted by Crippen LogP contribution is 2.68. The maximum atomic E-state index is 14.9. The summed E-state index contributed by atoms with van der Waals surface area (Å²) in [5.74, 6) is -1.55. The van der Waals surface area contributed by atoms with Crippen LogP contribution in [-0.2, 0) is 25.6 Å². The van der Waals surface area contributed by atoms with Gasteiger partial charge >= 0.3 is 13.1 Å². The highest BCUT2D eigenvalue weighted by Gasteiger charge is 2.68. The van der Waals surface area contributed by atoms with Crippen molar-refractivity contribution in [3.05, 3.63) is 23.5 Å². The predicted octanol–water partition coefficient (Wildman–Crippen LogP) is 3.55. The Bertz CT molecular complexity index is 1130. The summed E-state index contributed by atoms with van der Waals surface area (Å²) in [4.78, 5) is 26.7. The van der Waals surface area contributed by atoms with Gasteiger partial charge in [0.1, 0.15) is 11.9 Å². The minimum absolute atomic E-state index is 0.0253. The molecule has 5 rings (SSSR count). The Hall–Kier alpha value is -1.97. The van der Waals surface area contributed by atoms with Crippen molar-refractivity contribution in [2.24, 2.45) is 34.0 Å². The van der Waals surface area contributed by atoms with E-state index in [2.05, 4.69) is 27.7 Å². The Morgan fingerprint density at radius 1 is 1.26 bits per heavy atom. The third-order valence-electron chi connectivity index (χ3n) is 11.2. The van der Waals surface area contributed by atoms with E-state index in [1.54, 1.807) is 6.07 Å². The number of aliphatic hydroxyl groups is 1. The van der Waals surface area contributed by atoms with E-state index in [9.17, 15) is 24.1 Å². The number of halogens is 1. The average Bonchev–Trinajstić information content (AvgIpc) is 3.45. The number of ketones is 1. The Balaban J connectivity index is 1.44. The van der Waals surface area contributed by atoms with Crippen LogP contribution in [0.2, 0.25) is 0 Å². The molecule has 0 spiro atoms. The zero-order valence-electron chi connectivity index (χ0n) is 23.1. The Morgan fingerprint density at radius 2 is 2.00 bits per heavy atom. The minimum Gasteiger partial charge on any atom is -0.479 e. The number of rotatable bonds is 5. The van der Waals surface area contributed by atoms with Crippen molar-refractivity contribution < 1.29 is 38.2 Å². The molecule has 1 aliphatic heterocycles. The summed E-state index contributed by atoms with van der Waals surface area (Å²) in [6.07, 6.45) is 2.92. The second kappa shape index (κ2) is 9.60. The molecule has 2 bridgehead atoms. The average molecular weight is 530 g/mol. The van der Waals surface area contributed by atoms with Gasteiger partial charge in [0.05, 0.1) is 12.7 Å². The molecule has 3 fully saturated rings. The zero-order valence-corrected chi connectivity index (χ0v) is 23.1. The Labute approximate surface area is 224 Å². The predicted molar refractivity (Wildman–Crippen MR) is 139 cm³/mol. The molecule has 7 nitrogen and oxygen atoms in total. The molecule has 3 saturated carbocycles. The van der Waals surface area contributed by atoms with E-state index in [1.165, 1.54) is 6.07 Å². The highest BCUT2D eigenvalue weighted by atomic mass is 19.1. The van der Waals surface area contributed by atoms with Gasteiger partial charge in [-0.1, -0.05) is 40.7 Å². The Morgan fingerprint density at radius 3 is 2.71 bits per heavy atom. The van der Waals surface area contributed by atoms with E-state index in [0.717, 1.165) is 19.3 Å². The second-order valence-electron chi connectivity index (χ2n) is 12.8. The van der Waals surface area contributed by atoms with Crippen LogP contribution in [0, 0.1) is 39.8 Å². The molecule has 0 radical (unpaired) electrons. The summed E-state index contributed by atoms with van der Waals surface area (Å²) in [5, 5.41) is 21.6. The maximum Gasteiger partial charge on any atom is 0.494 e. The first kappa shape index (κ1) is 27.6. The van der Waals surface area contributed by atoms with Crippen molar-refractivity contribution in [2.75, 3.05) is 6.61 Å². The van der Waals surface area contributed by atoms with Crippen molar-refractivity contribution in [1.82, 2.24) is 0 Å². The molecule has 0 unspecified atom stereocenters. The van der Waals surface area contributed by atoms with Crippen molar-refractivity contribution in [3.63, 3.8) is 0 Å². The molecule has 1 heterocycles. The molecule has 38 heavy (non-hydrogen) atoms. The summed E-state index contributed by atoms with van der Waals surface area (Å²) in [7, 11) is -1.37. The van der Waals surface area contributed by atoms with Crippen LogP contribution < -0.4 is 10.2 Å². The first-order valence-corrected chi connectivity index (χ1v) is 14.0. The number of ether oxygens (including phenoxy) is 2. The second-order valence-corrected chi connectivity index (χ2v) is 12.8. The summed E-state index contributed by atoms with van der Waals surface area (Å²) in [5.41, 5.74) is -0.846. The number of carbonyl (C=O) groups excluding carboxylic acids is 2. The molecule has 208 valence electrons. The molecule has 0 aromatic heterocycles. The fourth-order valence-corrected chi connectivity index (χ4v) is 8.41. The van der Waals surface area contributed by atoms with E-state index >= 15 is 0 Å². The fourth-order valence-electron chi connectivity index (χ4n) is 8.41. The number of aliphatic hydroxyl groups excluding tert-OH is 1. The monoisotopic (exact) mass is 530 g/mol. The van der Waals surface area contributed by atoms with Gasteiger partial charge in [-0.3, -0.25) is 4.79 Å². The van der Waals surface area contributed by atoms with Crippen molar-refractivity contribution in [3.8, 4) is 5.75 Å². The molecule has 0 amide bonds. The van der Waals surface area contributed by atoms with Gasteiger partial charge in [-0.25, -0.2) is 9.18 Å². The third kappa shape index (κ3) is 3.94. The lowest BCUT2D eigenvalue weighted by Gasteiger charge is -2.62. The van der Waals surface area contributed by atoms with Crippen LogP contribution in [0.1, 0.15) is 78.7 Å². The van der Waals surface area contributed by atoms with Gasteiger partial charge < -0.3 is 24.3 Å². The largest absolute Gasteiger partial charge is 0.494 e. The molecular weight excluding hydrogens is 490 g/mol. The first-order chi connectivity index (χ1) is 17.9. The smallest absolute Gasteiger partial charge is 0.479 e. The van der Waals surface area contributed by atoms with Crippen LogP contribution in [0.3, 0.4) is 0 Å². The fraction of sp³-hybridized carbons (Fsp3) is 0.724. The summed E-state index contributed by atoms with van der Waals surface area (Å²) in [6.45, 7) is 10.0. The molecule has 3 aliphatic carbocycles. The number of fused-ring (bicyclic) bond motifs is 1. The van der Waals surface area contributed by atoms with Crippen molar-refractivity contribution >= 4 is 24.3 Å². The number of benzene rings is 1. The van der Waals surface area contributed by atoms with Gasteiger partial charge in [0.2, 0.25) is 0 Å². The maximum absolute atomic E-state index is 14.9. The summed E-state index contributed by atoms with van der Waals surface area (Å²) in [6, 6.07) is 3.02. The first-order valence-electron chi connectivity index (χ1n) is 14.0. The van der Waals surface area contributed by atoms with Gasteiger partial charge in [0.25, 0.3) is 0 Å². The van der Waals surface area contributed by atoms with Crippen LogP contribution in [0.15, 0.2) is 12.1 Å². The molecule has 0 saturated heterocycles. The molecule has 8 atom stereocenters. The van der Waals surface area contributed by atoms with Crippen LogP contribution >= 0.6 is 0 Å². The van der Waals surface area contributed by atoms with E-state index in [1.807, 2.05) is 6.92 Å². The number of carbonyl (C=O) groups is 2. The lowest BCUT2D eigenvalue weighted by Crippen LogP contribution is -2.63. The Kier molecular flexibility index (Phi) is 6.97. The van der Waals surface area contributed by atoms with Gasteiger partial charge in [0.15, 0.2) is 18.2 Å². The number of hydrogen-bond donors (Lipinski definition) is 2. The van der Waals surface area contributed by atoms with Crippen LogP contribution in [0.5, 0.6) is 5.75 Å². The molecule has 4 aliphatic rings. The quantitative estimate of drug-likeness (QED) is 0.444. The van der Waals surface area contributed by atoms with Crippen molar-refractivity contribution in [2.45, 2.75) is 92.0 Å². The van der Waals surface area contributed by atoms with Crippen LogP contribution in [0.25, 0.3) is 0 Å². The van der Waals surface area contributed by atoms with Gasteiger partial charge in [0, 0.05) is 23.2 Å². The minimum atomic E-state index is -1.37. The van der Waals surface area contributed by atoms with E-state index in [4.69, 9.17) is 14.1 Å². The number of esters is 1. The molecular formula is C29H40BFO7. The zero-order chi connectivity index (χ0) is 27.6. The van der Waals surface area contributed by atoms with Crippen LogP contribution in [0.4, 0.5) is 4.39 Å². The lowest BCUT2D eigenvalue weighted by atomic mass is 9.43. The number of Topliss-reactive ketones (excluding diaryl/α,β-unsaturated/α-hetero) is 1. The lowest BCUT2D eigenvalue weighted by molar-refractivity contribution is -0.213. The molecule has 1 aromatic rings. The van der Waals surface area contributed by atoms with E-state index in [0.29, 0.717) is 24.8 Å². The van der Waals surface area contributed by atoms with Crippen LogP contribution in [-0.4, -0.2) is 47.8 Å². The molecule has 2 N–H and O–H groups in total. The molecule has 9 heteroatoms. The highest BCUT2D eigenvalue weighted by molar-refractivity contribution is 6.61. The molecule has 1 aromatic carbocycles. The van der Waals surface area contributed by atoms with E-state index in [-0.39, 0.29) is 46.8 Å².